The number of ether oxygens (including phenoxy) is 1. The van der Waals surface area contributed by atoms with Crippen molar-refractivity contribution in [2.45, 2.75) is 13.0 Å². The van der Waals surface area contributed by atoms with Gasteiger partial charge in [0.2, 0.25) is 0 Å². The lowest BCUT2D eigenvalue weighted by atomic mass is 10.3. The molecular weight excluding hydrogens is 412 g/mol. The molecule has 0 radical (unpaired) electrons. The lowest BCUT2D eigenvalue weighted by molar-refractivity contribution is -0.122. The fourth-order valence-corrected chi connectivity index (χ4v) is 2.92. The van der Waals surface area contributed by atoms with Crippen LogP contribution in [0.15, 0.2) is 40.9 Å². The molecule has 2 aromatic carbocycles. The summed E-state index contributed by atoms with van der Waals surface area (Å²) in [5, 5.41) is 3.95. The van der Waals surface area contributed by atoms with Crippen molar-refractivity contribution >= 4 is 62.3 Å². The molecule has 0 bridgehead atoms. The van der Waals surface area contributed by atoms with Crippen LogP contribution in [0.4, 0.5) is 5.69 Å². The Bertz CT molecular complexity index is 689. The quantitative estimate of drug-likeness (QED) is 0.673. The second-order valence-electron chi connectivity index (χ2n) is 4.42. The molecule has 1 N–H and O–H groups in total. The summed E-state index contributed by atoms with van der Waals surface area (Å²) in [4.78, 5) is 12.2. The molecule has 1 amide bonds. The van der Waals surface area contributed by atoms with Gasteiger partial charge in [-0.05, 0) is 53.2 Å². The summed E-state index contributed by atoms with van der Waals surface area (Å²) in [7, 11) is 0. The number of rotatable bonds is 4. The van der Waals surface area contributed by atoms with E-state index in [9.17, 15) is 4.79 Å². The first-order chi connectivity index (χ1) is 10.4. The number of hydrogen-bond donors (Lipinski definition) is 1. The van der Waals surface area contributed by atoms with Gasteiger partial charge in [-0.15, -0.1) is 0 Å². The van der Waals surface area contributed by atoms with Gasteiger partial charge in [-0.25, -0.2) is 0 Å². The molecule has 2 rings (SSSR count). The van der Waals surface area contributed by atoms with Crippen LogP contribution in [0, 0.1) is 0 Å². The molecular formula is C15H11BrCl3NO2. The number of carbonyl (C=O) groups is 1. The highest BCUT2D eigenvalue weighted by Crippen LogP contribution is 2.31. The minimum atomic E-state index is -0.746. The minimum Gasteiger partial charge on any atom is -0.480 e. The molecule has 1 atom stereocenters. The fourth-order valence-electron chi connectivity index (χ4n) is 1.66. The zero-order valence-electron chi connectivity index (χ0n) is 11.4. The summed E-state index contributed by atoms with van der Waals surface area (Å²) in [6, 6.07) is 10.0. The highest BCUT2D eigenvalue weighted by Gasteiger charge is 2.18. The molecule has 0 fully saturated rings. The number of halogens is 4. The van der Waals surface area contributed by atoms with Crippen molar-refractivity contribution in [1.82, 2.24) is 0 Å². The van der Waals surface area contributed by atoms with Gasteiger partial charge >= 0.3 is 0 Å². The third kappa shape index (κ3) is 4.29. The van der Waals surface area contributed by atoms with Crippen molar-refractivity contribution in [1.29, 1.82) is 0 Å². The van der Waals surface area contributed by atoms with E-state index in [0.717, 1.165) is 0 Å². The van der Waals surface area contributed by atoms with E-state index in [1.54, 1.807) is 43.3 Å². The molecule has 1 unspecified atom stereocenters. The summed E-state index contributed by atoms with van der Waals surface area (Å²) >= 11 is 21.2. The average molecular weight is 424 g/mol. The number of amides is 1. The lowest BCUT2D eigenvalue weighted by Crippen LogP contribution is -2.30. The second-order valence-corrected chi connectivity index (χ2v) is 6.53. The SMILES string of the molecule is CC(Oc1ccc(Cl)cc1Br)C(=O)Nc1c(Cl)cccc1Cl. The Morgan fingerprint density at radius 2 is 1.82 bits per heavy atom. The Balaban J connectivity index is 2.09. The van der Waals surface area contributed by atoms with Gasteiger partial charge in [-0.1, -0.05) is 40.9 Å². The molecule has 0 spiro atoms. The van der Waals surface area contributed by atoms with Gasteiger partial charge in [-0.2, -0.15) is 0 Å². The van der Waals surface area contributed by atoms with Crippen molar-refractivity contribution in [3.05, 3.63) is 55.9 Å². The van der Waals surface area contributed by atoms with E-state index in [1.165, 1.54) is 0 Å². The van der Waals surface area contributed by atoms with Gasteiger partial charge in [0.05, 0.1) is 20.2 Å². The Kier molecular flexibility index (Phi) is 5.98. The standard InChI is InChI=1S/C15H11BrCl3NO2/c1-8(22-13-6-5-9(17)7-10(13)16)15(21)20-14-11(18)3-2-4-12(14)19/h2-8H,1H3,(H,20,21). The summed E-state index contributed by atoms with van der Waals surface area (Å²) in [6.07, 6.45) is -0.746. The molecule has 116 valence electrons. The highest BCUT2D eigenvalue weighted by molar-refractivity contribution is 9.10. The molecule has 0 heterocycles. The molecule has 0 aromatic heterocycles. The number of para-hydroxylation sites is 1. The Morgan fingerprint density at radius 1 is 1.18 bits per heavy atom. The first kappa shape index (κ1) is 17.4. The number of benzene rings is 2. The maximum absolute atomic E-state index is 12.2. The number of nitrogens with one attached hydrogen (secondary N) is 1. The third-order valence-electron chi connectivity index (χ3n) is 2.78. The molecule has 2 aromatic rings. The Hall–Kier alpha value is -0.940. The molecule has 0 aliphatic rings. The monoisotopic (exact) mass is 421 g/mol. The van der Waals surface area contributed by atoms with Gasteiger partial charge in [0, 0.05) is 5.02 Å². The maximum Gasteiger partial charge on any atom is 0.265 e. The molecule has 3 nitrogen and oxygen atoms in total. The Morgan fingerprint density at radius 3 is 2.41 bits per heavy atom. The van der Waals surface area contributed by atoms with E-state index in [1.807, 2.05) is 0 Å². The van der Waals surface area contributed by atoms with Gasteiger partial charge in [-0.3, -0.25) is 4.79 Å². The van der Waals surface area contributed by atoms with Crippen molar-refractivity contribution < 1.29 is 9.53 Å². The van der Waals surface area contributed by atoms with Crippen LogP contribution in [0.3, 0.4) is 0 Å². The van der Waals surface area contributed by atoms with Crippen molar-refractivity contribution in [2.75, 3.05) is 5.32 Å². The molecule has 0 aliphatic heterocycles. The predicted octanol–water partition coefficient (Wildman–Crippen LogP) is 5.82. The normalized spacial score (nSPS) is 11.9. The summed E-state index contributed by atoms with van der Waals surface area (Å²) in [6.45, 7) is 1.63. The van der Waals surface area contributed by atoms with Crippen LogP contribution >= 0.6 is 50.7 Å². The summed E-state index contributed by atoms with van der Waals surface area (Å²) in [5.74, 6) is 0.147. The van der Waals surface area contributed by atoms with E-state index in [2.05, 4.69) is 21.2 Å². The predicted molar refractivity (Wildman–Crippen MR) is 94.3 cm³/mol. The molecule has 7 heteroatoms. The Labute approximate surface area is 151 Å². The highest BCUT2D eigenvalue weighted by atomic mass is 79.9. The fraction of sp³-hybridized carbons (Fsp3) is 0.133. The van der Waals surface area contributed by atoms with Crippen LogP contribution in [-0.2, 0) is 4.79 Å². The zero-order chi connectivity index (χ0) is 16.3. The van der Waals surface area contributed by atoms with Gasteiger partial charge in [0.15, 0.2) is 6.10 Å². The van der Waals surface area contributed by atoms with E-state index in [4.69, 9.17) is 39.5 Å². The van der Waals surface area contributed by atoms with Crippen LogP contribution in [-0.4, -0.2) is 12.0 Å². The molecule has 22 heavy (non-hydrogen) atoms. The van der Waals surface area contributed by atoms with Crippen LogP contribution < -0.4 is 10.1 Å². The summed E-state index contributed by atoms with van der Waals surface area (Å²) < 4.78 is 6.27. The van der Waals surface area contributed by atoms with Crippen molar-refractivity contribution in [3.63, 3.8) is 0 Å². The lowest BCUT2D eigenvalue weighted by Gasteiger charge is -2.17. The molecule has 0 saturated heterocycles. The summed E-state index contributed by atoms with van der Waals surface area (Å²) in [5.41, 5.74) is 0.362. The van der Waals surface area contributed by atoms with Gasteiger partial charge < -0.3 is 10.1 Å². The zero-order valence-corrected chi connectivity index (χ0v) is 15.2. The first-order valence-electron chi connectivity index (χ1n) is 6.25. The topological polar surface area (TPSA) is 38.3 Å². The third-order valence-corrected chi connectivity index (χ3v) is 4.26. The van der Waals surface area contributed by atoms with E-state index < -0.39 is 6.10 Å². The number of anilines is 1. The smallest absolute Gasteiger partial charge is 0.265 e. The average Bonchev–Trinajstić information content (AvgIpc) is 2.45. The van der Waals surface area contributed by atoms with Gasteiger partial charge in [0.25, 0.3) is 5.91 Å². The number of hydrogen-bond acceptors (Lipinski definition) is 2. The van der Waals surface area contributed by atoms with Crippen LogP contribution in [0.25, 0.3) is 0 Å². The van der Waals surface area contributed by atoms with Crippen molar-refractivity contribution in [3.8, 4) is 5.75 Å². The van der Waals surface area contributed by atoms with Gasteiger partial charge in [0.1, 0.15) is 5.75 Å². The minimum absolute atomic E-state index is 0.362. The van der Waals surface area contributed by atoms with Crippen LogP contribution in [0.1, 0.15) is 6.92 Å². The van der Waals surface area contributed by atoms with Crippen LogP contribution in [0.2, 0.25) is 15.1 Å². The molecule has 0 saturated carbocycles. The van der Waals surface area contributed by atoms with Crippen molar-refractivity contribution in [2.24, 2.45) is 0 Å². The second kappa shape index (κ2) is 7.55. The first-order valence-corrected chi connectivity index (χ1v) is 8.17. The van der Waals surface area contributed by atoms with E-state index >= 15 is 0 Å². The number of carbonyl (C=O) groups excluding carboxylic acids is 1. The maximum atomic E-state index is 12.2. The van der Waals surface area contributed by atoms with E-state index in [0.29, 0.717) is 31.0 Å². The molecule has 0 aliphatic carbocycles. The van der Waals surface area contributed by atoms with E-state index in [-0.39, 0.29) is 5.91 Å². The van der Waals surface area contributed by atoms with Crippen LogP contribution in [0.5, 0.6) is 5.75 Å². The largest absolute Gasteiger partial charge is 0.480 e.